The maximum absolute atomic E-state index is 3.81. The summed E-state index contributed by atoms with van der Waals surface area (Å²) >= 11 is 7.50. The summed E-state index contributed by atoms with van der Waals surface area (Å²) in [5.74, 6) is 0. The van der Waals surface area contributed by atoms with Gasteiger partial charge in [0.15, 0.2) is 0 Å². The molecular formula is C10H11Br2N. The number of rotatable bonds is 1. The summed E-state index contributed by atoms with van der Waals surface area (Å²) in [6.07, 6.45) is 0. The number of benzene rings is 1. The lowest BCUT2D eigenvalue weighted by molar-refractivity contribution is 0.725. The van der Waals surface area contributed by atoms with Gasteiger partial charge in [-0.15, -0.1) is 0 Å². The molecule has 1 nitrogen and oxygen atoms in total. The molecule has 0 spiro atoms. The van der Waals surface area contributed by atoms with Crippen LogP contribution in [0.25, 0.3) is 0 Å². The molecule has 1 aliphatic heterocycles. The summed E-state index contributed by atoms with van der Waals surface area (Å²) < 4.78 is 0.0638. The molecule has 1 fully saturated rings. The Morgan fingerprint density at radius 2 is 2.00 bits per heavy atom. The highest BCUT2D eigenvalue weighted by atomic mass is 79.9. The van der Waals surface area contributed by atoms with Crippen molar-refractivity contribution >= 4 is 31.9 Å². The van der Waals surface area contributed by atoms with Gasteiger partial charge in [0.25, 0.3) is 0 Å². The van der Waals surface area contributed by atoms with E-state index in [1.807, 2.05) is 6.07 Å². The van der Waals surface area contributed by atoms with Crippen molar-refractivity contribution in [2.45, 2.75) is 9.15 Å². The molecule has 13 heavy (non-hydrogen) atoms. The van der Waals surface area contributed by atoms with E-state index in [1.165, 1.54) is 5.56 Å². The molecule has 0 saturated carbocycles. The first kappa shape index (κ1) is 9.69. The quantitative estimate of drug-likeness (QED) is 0.787. The molecule has 1 aromatic rings. The molecule has 1 aliphatic rings. The van der Waals surface area contributed by atoms with Crippen molar-refractivity contribution in [3.05, 3.63) is 35.9 Å². The van der Waals surface area contributed by atoms with E-state index < -0.39 is 0 Å². The second-order valence-electron chi connectivity index (χ2n) is 3.33. The van der Waals surface area contributed by atoms with Crippen molar-refractivity contribution in [3.8, 4) is 0 Å². The molecule has 1 N–H and O–H groups in total. The first-order valence-corrected chi connectivity index (χ1v) is 6.03. The van der Waals surface area contributed by atoms with E-state index in [1.54, 1.807) is 0 Å². The van der Waals surface area contributed by atoms with Crippen molar-refractivity contribution in [2.75, 3.05) is 13.1 Å². The predicted molar refractivity (Wildman–Crippen MR) is 62.6 cm³/mol. The lowest BCUT2D eigenvalue weighted by atomic mass is 9.98. The highest BCUT2D eigenvalue weighted by Crippen LogP contribution is 2.40. The van der Waals surface area contributed by atoms with Gasteiger partial charge in [-0.05, 0) is 5.56 Å². The monoisotopic (exact) mass is 303 g/mol. The molecule has 0 radical (unpaired) electrons. The van der Waals surface area contributed by atoms with Crippen LogP contribution in [0.15, 0.2) is 30.3 Å². The molecule has 0 aliphatic carbocycles. The second kappa shape index (κ2) is 3.71. The molecule has 0 unspecified atom stereocenters. The van der Waals surface area contributed by atoms with Crippen LogP contribution in [0, 0.1) is 0 Å². The molecule has 0 bridgehead atoms. The molecule has 1 aromatic carbocycles. The van der Waals surface area contributed by atoms with E-state index in [4.69, 9.17) is 0 Å². The number of alkyl halides is 2. The third-order valence-corrected chi connectivity index (χ3v) is 5.47. The van der Waals surface area contributed by atoms with Crippen LogP contribution in [-0.4, -0.2) is 17.9 Å². The molecule has 2 atom stereocenters. The van der Waals surface area contributed by atoms with Gasteiger partial charge in [-0.25, -0.2) is 0 Å². The van der Waals surface area contributed by atoms with Crippen molar-refractivity contribution < 1.29 is 0 Å². The normalized spacial score (nSPS) is 33.5. The summed E-state index contributed by atoms with van der Waals surface area (Å²) in [7, 11) is 0. The maximum atomic E-state index is 3.81. The van der Waals surface area contributed by atoms with Crippen LogP contribution in [-0.2, 0) is 4.32 Å². The van der Waals surface area contributed by atoms with Gasteiger partial charge >= 0.3 is 0 Å². The molecular weight excluding hydrogens is 294 g/mol. The lowest BCUT2D eigenvalue weighted by Gasteiger charge is -2.25. The van der Waals surface area contributed by atoms with E-state index in [0.29, 0.717) is 4.83 Å². The van der Waals surface area contributed by atoms with E-state index in [9.17, 15) is 0 Å². The Morgan fingerprint density at radius 3 is 2.54 bits per heavy atom. The van der Waals surface area contributed by atoms with Gasteiger partial charge in [0.05, 0.1) is 4.32 Å². The van der Waals surface area contributed by atoms with Gasteiger partial charge < -0.3 is 5.32 Å². The fourth-order valence-electron chi connectivity index (χ4n) is 1.65. The second-order valence-corrected chi connectivity index (χ2v) is 5.85. The average molecular weight is 305 g/mol. The van der Waals surface area contributed by atoms with Gasteiger partial charge in [-0.2, -0.15) is 0 Å². The standard InChI is InChI=1S/C10H11Br2N/c11-9-6-13-7-10(9,12)8-4-2-1-3-5-8/h1-5,9,13H,6-7H2/t9-,10+/m1/s1. The van der Waals surface area contributed by atoms with Gasteiger partial charge in [0.1, 0.15) is 0 Å². The third kappa shape index (κ3) is 1.69. The summed E-state index contributed by atoms with van der Waals surface area (Å²) in [6, 6.07) is 10.5. The topological polar surface area (TPSA) is 12.0 Å². The Kier molecular flexibility index (Phi) is 2.77. The molecule has 3 heteroatoms. The largest absolute Gasteiger partial charge is 0.314 e. The number of halogens is 2. The zero-order valence-corrected chi connectivity index (χ0v) is 10.3. The minimum absolute atomic E-state index is 0.0638. The molecule has 1 saturated heterocycles. The molecule has 0 aromatic heterocycles. The Balaban J connectivity index is 2.34. The van der Waals surface area contributed by atoms with Gasteiger partial charge in [0, 0.05) is 17.9 Å². The lowest BCUT2D eigenvalue weighted by Crippen LogP contribution is -2.28. The third-order valence-electron chi connectivity index (χ3n) is 2.46. The Morgan fingerprint density at radius 1 is 1.31 bits per heavy atom. The van der Waals surface area contributed by atoms with Crippen LogP contribution in [0.3, 0.4) is 0 Å². The predicted octanol–water partition coefficient (Wildman–Crippen LogP) is 2.64. The van der Waals surface area contributed by atoms with Gasteiger partial charge in [0.2, 0.25) is 0 Å². The molecule has 0 amide bonds. The minimum atomic E-state index is 0.0638. The first-order valence-electron chi connectivity index (χ1n) is 4.33. The summed E-state index contributed by atoms with van der Waals surface area (Å²) in [5, 5.41) is 3.37. The highest BCUT2D eigenvalue weighted by molar-refractivity contribution is 9.12. The Labute approximate surface area is 95.2 Å². The van der Waals surface area contributed by atoms with Crippen LogP contribution in [0.2, 0.25) is 0 Å². The number of hydrogen-bond acceptors (Lipinski definition) is 1. The average Bonchev–Trinajstić information content (AvgIpc) is 2.50. The highest BCUT2D eigenvalue weighted by Gasteiger charge is 2.40. The van der Waals surface area contributed by atoms with Crippen LogP contribution in [0.4, 0.5) is 0 Å². The van der Waals surface area contributed by atoms with Crippen molar-refractivity contribution in [1.29, 1.82) is 0 Å². The Hall–Kier alpha value is 0.140. The van der Waals surface area contributed by atoms with Crippen molar-refractivity contribution in [1.82, 2.24) is 5.32 Å². The van der Waals surface area contributed by atoms with E-state index in [2.05, 4.69) is 61.4 Å². The van der Waals surface area contributed by atoms with Crippen molar-refractivity contribution in [2.24, 2.45) is 0 Å². The maximum Gasteiger partial charge on any atom is 0.0766 e. The zero-order chi connectivity index (χ0) is 9.31. The number of nitrogens with one attached hydrogen (secondary N) is 1. The minimum Gasteiger partial charge on any atom is -0.314 e. The summed E-state index contributed by atoms with van der Waals surface area (Å²) in [4.78, 5) is 0.461. The smallest absolute Gasteiger partial charge is 0.0766 e. The molecule has 2 rings (SSSR count). The van der Waals surface area contributed by atoms with E-state index in [0.717, 1.165) is 13.1 Å². The summed E-state index contributed by atoms with van der Waals surface area (Å²) in [5.41, 5.74) is 1.34. The van der Waals surface area contributed by atoms with Gasteiger partial charge in [-0.1, -0.05) is 62.2 Å². The van der Waals surface area contributed by atoms with E-state index >= 15 is 0 Å². The number of hydrogen-bond donors (Lipinski definition) is 1. The fraction of sp³-hybridized carbons (Fsp3) is 0.400. The van der Waals surface area contributed by atoms with Crippen LogP contribution in [0.1, 0.15) is 5.56 Å². The molecule has 1 heterocycles. The van der Waals surface area contributed by atoms with Crippen LogP contribution >= 0.6 is 31.9 Å². The first-order chi connectivity index (χ1) is 6.23. The summed E-state index contributed by atoms with van der Waals surface area (Å²) in [6.45, 7) is 1.99. The Bertz CT molecular complexity index is 288. The van der Waals surface area contributed by atoms with Crippen LogP contribution in [0.5, 0.6) is 0 Å². The fourth-order valence-corrected chi connectivity index (χ4v) is 2.93. The SMILES string of the molecule is Br[C@@H]1CNC[C@]1(Br)c1ccccc1. The zero-order valence-electron chi connectivity index (χ0n) is 7.13. The van der Waals surface area contributed by atoms with Crippen LogP contribution < -0.4 is 5.32 Å². The van der Waals surface area contributed by atoms with E-state index in [-0.39, 0.29) is 4.32 Å². The molecule has 70 valence electrons. The van der Waals surface area contributed by atoms with Gasteiger partial charge in [-0.3, -0.25) is 0 Å². The van der Waals surface area contributed by atoms with Crippen molar-refractivity contribution in [3.63, 3.8) is 0 Å².